The van der Waals surface area contributed by atoms with E-state index >= 15 is 0 Å². The van der Waals surface area contributed by atoms with Crippen molar-refractivity contribution < 1.29 is 4.79 Å². The molecule has 0 aliphatic carbocycles. The van der Waals surface area contributed by atoms with Crippen LogP contribution in [0.15, 0.2) is 54.9 Å². The van der Waals surface area contributed by atoms with Gasteiger partial charge >= 0.3 is 0 Å². The molecule has 0 atom stereocenters. The number of nitrogens with zero attached hydrogens (tertiary/aromatic N) is 3. The van der Waals surface area contributed by atoms with Gasteiger partial charge in [0, 0.05) is 29.9 Å². The van der Waals surface area contributed by atoms with Crippen LogP contribution in [0.1, 0.15) is 20.8 Å². The van der Waals surface area contributed by atoms with Crippen LogP contribution >= 0.6 is 11.3 Å². The largest absolute Gasteiger partial charge is 0.397 e. The van der Waals surface area contributed by atoms with Crippen LogP contribution in [0.4, 0.5) is 11.5 Å². The van der Waals surface area contributed by atoms with Crippen molar-refractivity contribution in [2.45, 2.75) is 6.54 Å². The minimum atomic E-state index is -0.314. The molecule has 5 N–H and O–H groups in total. The van der Waals surface area contributed by atoms with Gasteiger partial charge in [-0.2, -0.15) is 5.26 Å². The predicted molar refractivity (Wildman–Crippen MR) is 114 cm³/mol. The molecule has 142 valence electrons. The summed E-state index contributed by atoms with van der Waals surface area (Å²) in [6.45, 7) is 0.324. The third-order valence-electron chi connectivity index (χ3n) is 4.46. The topological polar surface area (TPSA) is 131 Å². The molecule has 4 aromatic rings. The number of pyridine rings is 2. The average Bonchev–Trinajstić information content (AvgIpc) is 3.08. The van der Waals surface area contributed by atoms with Crippen LogP contribution in [0.5, 0.6) is 0 Å². The van der Waals surface area contributed by atoms with Crippen molar-refractivity contribution >= 4 is 39.0 Å². The standard InChI is InChI=1S/C21H16N6OS/c22-9-14-15(13-6-2-1-3-7-13)16-17(23)18(29-21(16)27-19(14)24)20(28)26-11-12-5-4-8-25-10-12/h1-8,10H,11,23H2,(H2,24,27)(H,26,28). The Labute approximate surface area is 170 Å². The summed E-state index contributed by atoms with van der Waals surface area (Å²) in [5, 5.41) is 13.1. The number of nitrogens with two attached hydrogens (primary N) is 2. The quantitative estimate of drug-likeness (QED) is 0.482. The van der Waals surface area contributed by atoms with Gasteiger partial charge in [0.05, 0.1) is 5.69 Å². The summed E-state index contributed by atoms with van der Waals surface area (Å²) in [7, 11) is 0. The Balaban J connectivity index is 1.81. The molecule has 3 heterocycles. The fraction of sp³-hybridized carbons (Fsp3) is 0.0476. The summed E-state index contributed by atoms with van der Waals surface area (Å²) < 4.78 is 0. The fourth-order valence-corrected chi connectivity index (χ4v) is 4.14. The van der Waals surface area contributed by atoms with Crippen LogP contribution in [-0.4, -0.2) is 15.9 Å². The molecule has 4 rings (SSSR count). The van der Waals surface area contributed by atoms with E-state index in [1.807, 2.05) is 36.4 Å². The number of carbonyl (C=O) groups is 1. The highest BCUT2D eigenvalue weighted by Crippen LogP contribution is 2.42. The zero-order valence-electron chi connectivity index (χ0n) is 15.2. The predicted octanol–water partition coefficient (Wildman–Crippen LogP) is 3.32. The van der Waals surface area contributed by atoms with Gasteiger partial charge < -0.3 is 16.8 Å². The van der Waals surface area contributed by atoms with E-state index in [1.165, 1.54) is 0 Å². The van der Waals surface area contributed by atoms with E-state index in [-0.39, 0.29) is 23.0 Å². The Hall–Kier alpha value is -3.96. The monoisotopic (exact) mass is 400 g/mol. The Morgan fingerprint density at radius 1 is 1.17 bits per heavy atom. The van der Waals surface area contributed by atoms with Crippen LogP contribution in [0.2, 0.25) is 0 Å². The second-order valence-corrected chi connectivity index (χ2v) is 7.29. The third-order valence-corrected chi connectivity index (χ3v) is 5.56. The molecule has 1 aromatic carbocycles. The van der Waals surface area contributed by atoms with Gasteiger partial charge in [0.1, 0.15) is 27.2 Å². The third kappa shape index (κ3) is 3.35. The zero-order valence-corrected chi connectivity index (χ0v) is 16.0. The second-order valence-electron chi connectivity index (χ2n) is 6.29. The second kappa shape index (κ2) is 7.58. The summed E-state index contributed by atoms with van der Waals surface area (Å²) in [5.41, 5.74) is 15.2. The van der Waals surface area contributed by atoms with Crippen molar-refractivity contribution in [1.29, 1.82) is 5.26 Å². The number of fused-ring (bicyclic) bond motifs is 1. The van der Waals surface area contributed by atoms with Crippen LogP contribution in [0.25, 0.3) is 21.3 Å². The number of nitrogens with one attached hydrogen (secondary N) is 1. The number of aromatic nitrogens is 2. The Bertz CT molecular complexity index is 1250. The summed E-state index contributed by atoms with van der Waals surface area (Å²) in [5.74, 6) is -0.201. The molecule has 0 bridgehead atoms. The normalized spacial score (nSPS) is 10.6. The number of thiophene rings is 1. The van der Waals surface area contributed by atoms with Gasteiger partial charge in [-0.1, -0.05) is 36.4 Å². The smallest absolute Gasteiger partial charge is 0.263 e. The van der Waals surface area contributed by atoms with E-state index in [2.05, 4.69) is 21.4 Å². The highest BCUT2D eigenvalue weighted by molar-refractivity contribution is 7.21. The van der Waals surface area contributed by atoms with Gasteiger partial charge in [0.2, 0.25) is 0 Å². The first-order chi connectivity index (χ1) is 14.1. The summed E-state index contributed by atoms with van der Waals surface area (Å²) in [6.07, 6.45) is 3.35. The molecule has 29 heavy (non-hydrogen) atoms. The summed E-state index contributed by atoms with van der Waals surface area (Å²) in [6, 6.07) is 15.1. The van der Waals surface area contributed by atoms with Crippen LogP contribution in [0, 0.1) is 11.3 Å². The molecular formula is C21H16N6OS. The number of rotatable bonds is 4. The van der Waals surface area contributed by atoms with E-state index < -0.39 is 0 Å². The first kappa shape index (κ1) is 18.4. The number of nitrogen functional groups attached to an aromatic ring is 2. The molecule has 3 aromatic heterocycles. The minimum Gasteiger partial charge on any atom is -0.397 e. The molecule has 1 amide bonds. The summed E-state index contributed by atoms with van der Waals surface area (Å²) in [4.78, 5) is 22.0. The van der Waals surface area contributed by atoms with Gasteiger partial charge in [-0.05, 0) is 17.2 Å². The highest BCUT2D eigenvalue weighted by Gasteiger charge is 2.24. The van der Waals surface area contributed by atoms with Crippen LogP contribution in [-0.2, 0) is 6.54 Å². The Kier molecular flexibility index (Phi) is 4.81. The van der Waals surface area contributed by atoms with Crippen molar-refractivity contribution in [3.8, 4) is 17.2 Å². The van der Waals surface area contributed by atoms with Gasteiger partial charge in [-0.25, -0.2) is 4.98 Å². The Morgan fingerprint density at radius 2 is 1.97 bits per heavy atom. The van der Waals surface area contributed by atoms with Gasteiger partial charge in [-0.15, -0.1) is 11.3 Å². The van der Waals surface area contributed by atoms with Gasteiger partial charge in [-0.3, -0.25) is 9.78 Å². The molecule has 8 heteroatoms. The molecule has 0 unspecified atom stereocenters. The molecule has 0 radical (unpaired) electrons. The molecule has 0 spiro atoms. The first-order valence-electron chi connectivity index (χ1n) is 8.74. The zero-order chi connectivity index (χ0) is 20.4. The van der Waals surface area contributed by atoms with E-state index in [9.17, 15) is 10.1 Å². The van der Waals surface area contributed by atoms with Crippen molar-refractivity contribution in [2.75, 3.05) is 11.5 Å². The molecule has 0 saturated heterocycles. The van der Waals surface area contributed by atoms with Crippen molar-refractivity contribution in [3.05, 3.63) is 70.9 Å². The van der Waals surface area contributed by atoms with E-state index in [0.29, 0.717) is 27.2 Å². The molecule has 7 nitrogen and oxygen atoms in total. The Morgan fingerprint density at radius 3 is 2.66 bits per heavy atom. The molecular weight excluding hydrogens is 384 g/mol. The maximum absolute atomic E-state index is 12.8. The van der Waals surface area contributed by atoms with E-state index in [1.54, 1.807) is 18.5 Å². The lowest BCUT2D eigenvalue weighted by Gasteiger charge is -2.09. The van der Waals surface area contributed by atoms with Crippen LogP contribution in [0.3, 0.4) is 0 Å². The molecule has 0 aliphatic rings. The molecule has 0 aliphatic heterocycles. The number of anilines is 2. The number of amides is 1. The molecule has 0 fully saturated rings. The lowest BCUT2D eigenvalue weighted by Crippen LogP contribution is -2.22. The number of hydrogen-bond acceptors (Lipinski definition) is 7. The number of nitriles is 1. The lowest BCUT2D eigenvalue weighted by atomic mass is 9.97. The minimum absolute atomic E-state index is 0.113. The number of benzene rings is 1. The van der Waals surface area contributed by atoms with E-state index in [0.717, 1.165) is 22.5 Å². The maximum Gasteiger partial charge on any atom is 0.263 e. The average molecular weight is 400 g/mol. The fourth-order valence-electron chi connectivity index (χ4n) is 3.11. The van der Waals surface area contributed by atoms with Crippen molar-refractivity contribution in [1.82, 2.24) is 15.3 Å². The van der Waals surface area contributed by atoms with Crippen LogP contribution < -0.4 is 16.8 Å². The van der Waals surface area contributed by atoms with Crippen molar-refractivity contribution in [2.24, 2.45) is 0 Å². The maximum atomic E-state index is 12.8. The highest BCUT2D eigenvalue weighted by atomic mass is 32.1. The lowest BCUT2D eigenvalue weighted by molar-refractivity contribution is 0.0956. The first-order valence-corrected chi connectivity index (χ1v) is 9.56. The summed E-state index contributed by atoms with van der Waals surface area (Å²) >= 11 is 1.16. The van der Waals surface area contributed by atoms with Gasteiger partial charge in [0.15, 0.2) is 0 Å². The van der Waals surface area contributed by atoms with Gasteiger partial charge in [0.25, 0.3) is 5.91 Å². The number of hydrogen-bond donors (Lipinski definition) is 3. The molecule has 0 saturated carbocycles. The SMILES string of the molecule is N#Cc1c(N)nc2sc(C(=O)NCc3cccnc3)c(N)c2c1-c1ccccc1. The number of carbonyl (C=O) groups excluding carboxylic acids is 1. The van der Waals surface area contributed by atoms with E-state index in [4.69, 9.17) is 11.5 Å². The van der Waals surface area contributed by atoms with Crippen molar-refractivity contribution in [3.63, 3.8) is 0 Å².